The second-order valence-electron chi connectivity index (χ2n) is 8.17. The van der Waals surface area contributed by atoms with Gasteiger partial charge in [0.2, 0.25) is 0 Å². The number of hydrogen-bond acceptors (Lipinski definition) is 3. The summed E-state index contributed by atoms with van der Waals surface area (Å²) >= 11 is 6.17. The van der Waals surface area contributed by atoms with Crippen molar-refractivity contribution in [2.24, 2.45) is 0 Å². The minimum absolute atomic E-state index is 0.290. The Hall–Kier alpha value is -1.95. The van der Waals surface area contributed by atoms with Crippen LogP contribution in [0.2, 0.25) is 5.02 Å². The summed E-state index contributed by atoms with van der Waals surface area (Å²) in [6, 6.07) is 14.3. The van der Waals surface area contributed by atoms with Gasteiger partial charge in [-0.1, -0.05) is 61.8 Å². The van der Waals surface area contributed by atoms with Gasteiger partial charge in [0.05, 0.1) is 0 Å². The Balaban J connectivity index is 1.59. The van der Waals surface area contributed by atoms with Crippen molar-refractivity contribution >= 4 is 17.5 Å². The molecule has 1 amide bonds. The molecule has 0 aromatic heterocycles. The van der Waals surface area contributed by atoms with E-state index in [2.05, 4.69) is 10.2 Å². The first-order valence-corrected chi connectivity index (χ1v) is 9.80. The topological polar surface area (TPSA) is 52.6 Å². The van der Waals surface area contributed by atoms with Gasteiger partial charge in [0.25, 0.3) is 5.91 Å². The molecule has 28 heavy (non-hydrogen) atoms. The Morgan fingerprint density at radius 3 is 2.68 bits per heavy atom. The van der Waals surface area contributed by atoms with Crippen LogP contribution in [0.5, 0.6) is 0 Å². The van der Waals surface area contributed by atoms with Crippen molar-refractivity contribution in [1.82, 2.24) is 10.2 Å². The lowest BCUT2D eigenvalue weighted by molar-refractivity contribution is -0.138. The Morgan fingerprint density at radius 2 is 2.00 bits per heavy atom. The number of amides is 1. The van der Waals surface area contributed by atoms with Gasteiger partial charge in [0.15, 0.2) is 5.60 Å². The molecule has 4 nitrogen and oxygen atoms in total. The largest absolute Gasteiger partial charge is 0.379 e. The molecule has 0 bridgehead atoms. The van der Waals surface area contributed by atoms with E-state index in [0.29, 0.717) is 31.1 Å². The molecule has 6 heteroatoms. The molecular weight excluding hydrogens is 379 g/mol. The molecule has 2 aromatic carbocycles. The maximum Gasteiger partial charge on any atom is 0.253 e. The first-order chi connectivity index (χ1) is 13.2. The van der Waals surface area contributed by atoms with E-state index in [0.717, 1.165) is 11.1 Å². The van der Waals surface area contributed by atoms with Gasteiger partial charge in [0.1, 0.15) is 5.82 Å². The minimum Gasteiger partial charge on any atom is -0.379 e. The van der Waals surface area contributed by atoms with Gasteiger partial charge in [-0.15, -0.1) is 0 Å². The van der Waals surface area contributed by atoms with E-state index in [-0.39, 0.29) is 12.5 Å². The summed E-state index contributed by atoms with van der Waals surface area (Å²) in [5, 5.41) is 14.0. The van der Waals surface area contributed by atoms with Crippen LogP contribution in [-0.2, 0) is 16.8 Å². The smallest absolute Gasteiger partial charge is 0.253 e. The lowest BCUT2D eigenvalue weighted by atomic mass is 9.84. The first kappa shape index (κ1) is 20.8. The number of hydrogen-bond donors (Lipinski definition) is 2. The van der Waals surface area contributed by atoms with E-state index >= 15 is 0 Å². The quantitative estimate of drug-likeness (QED) is 0.774. The summed E-state index contributed by atoms with van der Waals surface area (Å²) in [5.41, 5.74) is -0.00411. The Bertz CT molecular complexity index is 844. The monoisotopic (exact) mass is 404 g/mol. The molecule has 1 heterocycles. The Kier molecular flexibility index (Phi) is 6.08. The second kappa shape index (κ2) is 8.19. The summed E-state index contributed by atoms with van der Waals surface area (Å²) in [6.45, 7) is 5.79. The fraction of sp³-hybridized carbons (Fsp3) is 0.409. The number of halogens is 2. The van der Waals surface area contributed by atoms with Crippen LogP contribution in [-0.4, -0.2) is 41.1 Å². The van der Waals surface area contributed by atoms with Gasteiger partial charge >= 0.3 is 0 Å². The molecule has 150 valence electrons. The van der Waals surface area contributed by atoms with E-state index in [1.54, 1.807) is 6.07 Å². The van der Waals surface area contributed by atoms with E-state index in [4.69, 9.17) is 11.6 Å². The summed E-state index contributed by atoms with van der Waals surface area (Å²) < 4.78 is 13.3. The van der Waals surface area contributed by atoms with Crippen molar-refractivity contribution < 1.29 is 14.3 Å². The standard InChI is InChI=1S/C22H26ClFN2O2/c1-21(2,18-9-8-17(24)12-19(18)23)14-25-20(27)22(28)10-11-26(15-22)13-16-6-4-3-5-7-16/h3-9,12,28H,10-11,13-15H2,1-2H3,(H,25,27). The fourth-order valence-corrected chi connectivity index (χ4v) is 4.06. The van der Waals surface area contributed by atoms with Crippen molar-refractivity contribution in [2.45, 2.75) is 37.8 Å². The van der Waals surface area contributed by atoms with Crippen molar-refractivity contribution in [3.05, 3.63) is 70.5 Å². The van der Waals surface area contributed by atoms with Crippen LogP contribution in [0.3, 0.4) is 0 Å². The van der Waals surface area contributed by atoms with Gasteiger partial charge < -0.3 is 10.4 Å². The number of nitrogens with one attached hydrogen (secondary N) is 1. The van der Waals surface area contributed by atoms with Crippen LogP contribution in [0.25, 0.3) is 0 Å². The predicted octanol–water partition coefficient (Wildman–Crippen LogP) is 3.51. The van der Waals surface area contributed by atoms with E-state index < -0.39 is 16.8 Å². The third-order valence-corrected chi connectivity index (χ3v) is 5.66. The van der Waals surface area contributed by atoms with E-state index in [1.165, 1.54) is 12.1 Å². The number of benzene rings is 2. The van der Waals surface area contributed by atoms with Gasteiger partial charge in [-0.2, -0.15) is 0 Å². The molecular formula is C22H26ClFN2O2. The maximum absolute atomic E-state index is 13.3. The fourth-order valence-electron chi connectivity index (χ4n) is 3.63. The number of β-amino-alcohol motifs (C(OH)–C–C–N with tert-alkyl or cyclic N) is 1. The van der Waals surface area contributed by atoms with Crippen molar-refractivity contribution in [3.63, 3.8) is 0 Å². The third-order valence-electron chi connectivity index (χ3n) is 5.35. The van der Waals surface area contributed by atoms with Crippen molar-refractivity contribution in [2.75, 3.05) is 19.6 Å². The summed E-state index contributed by atoms with van der Waals surface area (Å²) in [5.74, 6) is -0.776. The molecule has 3 rings (SSSR count). The summed E-state index contributed by atoms with van der Waals surface area (Å²) in [4.78, 5) is 14.8. The highest BCUT2D eigenvalue weighted by Crippen LogP contribution is 2.30. The molecule has 1 unspecified atom stereocenters. The van der Waals surface area contributed by atoms with Gasteiger partial charge in [-0.05, 0) is 29.7 Å². The second-order valence-corrected chi connectivity index (χ2v) is 8.58. The molecule has 2 N–H and O–H groups in total. The highest BCUT2D eigenvalue weighted by molar-refractivity contribution is 6.31. The number of aliphatic hydroxyl groups is 1. The molecule has 0 aliphatic carbocycles. The van der Waals surface area contributed by atoms with E-state index in [9.17, 15) is 14.3 Å². The third kappa shape index (κ3) is 4.72. The number of carbonyl (C=O) groups is 1. The molecule has 1 fully saturated rings. The molecule has 0 saturated carbocycles. The zero-order valence-electron chi connectivity index (χ0n) is 16.2. The number of carbonyl (C=O) groups excluding carboxylic acids is 1. The normalized spacial score (nSPS) is 20.3. The summed E-state index contributed by atoms with van der Waals surface area (Å²) in [7, 11) is 0. The zero-order valence-corrected chi connectivity index (χ0v) is 17.0. The molecule has 1 saturated heterocycles. The first-order valence-electron chi connectivity index (χ1n) is 9.42. The number of rotatable bonds is 6. The van der Waals surface area contributed by atoms with E-state index in [1.807, 2.05) is 44.2 Å². The van der Waals surface area contributed by atoms with Crippen LogP contribution >= 0.6 is 11.6 Å². The van der Waals surface area contributed by atoms with Crippen molar-refractivity contribution in [3.8, 4) is 0 Å². The Labute approximate surface area is 170 Å². The van der Waals surface area contributed by atoms with Crippen LogP contribution in [0, 0.1) is 5.82 Å². The van der Waals surface area contributed by atoms with Crippen LogP contribution < -0.4 is 5.32 Å². The molecule has 1 aliphatic heterocycles. The maximum atomic E-state index is 13.3. The van der Waals surface area contributed by atoms with Crippen LogP contribution in [0.15, 0.2) is 48.5 Å². The van der Waals surface area contributed by atoms with Gasteiger partial charge in [-0.3, -0.25) is 9.69 Å². The summed E-state index contributed by atoms with van der Waals surface area (Å²) in [6.07, 6.45) is 0.392. The SMILES string of the molecule is CC(C)(CNC(=O)C1(O)CCN(Cc2ccccc2)C1)c1ccc(F)cc1Cl. The van der Waals surface area contributed by atoms with Crippen LogP contribution in [0.4, 0.5) is 4.39 Å². The number of likely N-dealkylation sites (tertiary alicyclic amines) is 1. The zero-order chi connectivity index (χ0) is 20.4. The predicted molar refractivity (Wildman–Crippen MR) is 109 cm³/mol. The average molecular weight is 405 g/mol. The van der Waals surface area contributed by atoms with Gasteiger partial charge in [0, 0.05) is 36.6 Å². The highest BCUT2D eigenvalue weighted by Gasteiger charge is 2.43. The molecule has 1 aliphatic rings. The van der Waals surface area contributed by atoms with Gasteiger partial charge in [-0.25, -0.2) is 4.39 Å². The molecule has 0 spiro atoms. The lowest BCUT2D eigenvalue weighted by Crippen LogP contribution is -2.51. The molecule has 0 radical (unpaired) electrons. The minimum atomic E-state index is -1.41. The average Bonchev–Trinajstić information content (AvgIpc) is 3.02. The number of nitrogens with zero attached hydrogens (tertiary/aromatic N) is 1. The lowest BCUT2D eigenvalue weighted by Gasteiger charge is -2.29. The van der Waals surface area contributed by atoms with Crippen molar-refractivity contribution in [1.29, 1.82) is 0 Å². The van der Waals surface area contributed by atoms with Crippen LogP contribution in [0.1, 0.15) is 31.4 Å². The Morgan fingerprint density at radius 1 is 1.29 bits per heavy atom. The molecule has 2 aromatic rings. The highest BCUT2D eigenvalue weighted by atomic mass is 35.5. The molecule has 1 atom stereocenters.